The van der Waals surface area contributed by atoms with Crippen LogP contribution < -0.4 is 9.80 Å². The highest BCUT2D eigenvalue weighted by molar-refractivity contribution is 5.99. The Labute approximate surface area is 143 Å². The van der Waals surface area contributed by atoms with Crippen molar-refractivity contribution in [1.82, 2.24) is 4.98 Å². The van der Waals surface area contributed by atoms with Crippen molar-refractivity contribution >= 4 is 17.4 Å². The summed E-state index contributed by atoms with van der Waals surface area (Å²) in [6, 6.07) is 15.7. The predicted molar refractivity (Wildman–Crippen MR) is 96.1 cm³/mol. The van der Waals surface area contributed by atoms with E-state index in [1.807, 2.05) is 61.8 Å². The first-order valence-corrected chi connectivity index (χ1v) is 8.76. The number of anilines is 2. The molecule has 124 valence electrons. The Morgan fingerprint density at radius 1 is 1.12 bits per heavy atom. The fourth-order valence-corrected chi connectivity index (χ4v) is 4.36. The van der Waals surface area contributed by atoms with Gasteiger partial charge in [-0.3, -0.25) is 4.79 Å². The second kappa shape index (κ2) is 6.27. The summed E-state index contributed by atoms with van der Waals surface area (Å²) in [5.74, 6) is 2.17. The van der Waals surface area contributed by atoms with Crippen LogP contribution in [0.4, 0.5) is 11.5 Å². The van der Waals surface area contributed by atoms with Crippen LogP contribution in [-0.4, -0.2) is 30.5 Å². The van der Waals surface area contributed by atoms with E-state index in [1.54, 1.807) is 4.90 Å². The monoisotopic (exact) mass is 321 g/mol. The molecule has 0 unspecified atom stereocenters. The molecule has 1 amide bonds. The van der Waals surface area contributed by atoms with E-state index in [9.17, 15) is 4.79 Å². The van der Waals surface area contributed by atoms with Crippen molar-refractivity contribution in [3.63, 3.8) is 0 Å². The first-order valence-electron chi connectivity index (χ1n) is 8.76. The Kier molecular flexibility index (Phi) is 3.97. The molecule has 2 aliphatic rings. The van der Waals surface area contributed by atoms with Crippen molar-refractivity contribution < 1.29 is 4.79 Å². The molecular weight excluding hydrogens is 298 g/mol. The molecule has 1 aromatic heterocycles. The number of nitrogens with zero attached hydrogens (tertiary/aromatic N) is 3. The normalized spacial score (nSPS) is 25.5. The van der Waals surface area contributed by atoms with Gasteiger partial charge >= 0.3 is 0 Å². The van der Waals surface area contributed by atoms with Gasteiger partial charge in [-0.2, -0.15) is 0 Å². The average Bonchev–Trinajstić information content (AvgIpc) is 3.23. The molecule has 4 rings (SSSR count). The fraction of sp³-hybridized carbons (Fsp3) is 0.400. The summed E-state index contributed by atoms with van der Waals surface area (Å²) >= 11 is 0. The summed E-state index contributed by atoms with van der Waals surface area (Å²) < 4.78 is 0. The van der Waals surface area contributed by atoms with Crippen LogP contribution in [0, 0.1) is 11.8 Å². The second-order valence-corrected chi connectivity index (χ2v) is 6.87. The Morgan fingerprint density at radius 3 is 2.67 bits per heavy atom. The molecule has 0 bridgehead atoms. The third kappa shape index (κ3) is 2.56. The summed E-state index contributed by atoms with van der Waals surface area (Å²) in [4.78, 5) is 21.9. The zero-order chi connectivity index (χ0) is 16.5. The van der Waals surface area contributed by atoms with Gasteiger partial charge in [0.25, 0.3) is 0 Å². The number of carbonyl (C=O) groups excluding carboxylic acids is 1. The Hall–Kier alpha value is -2.36. The maximum absolute atomic E-state index is 13.3. The maximum atomic E-state index is 13.3. The minimum absolute atomic E-state index is 0.0994. The summed E-state index contributed by atoms with van der Waals surface area (Å²) in [5.41, 5.74) is 0.949. The molecule has 2 fully saturated rings. The predicted octanol–water partition coefficient (Wildman–Crippen LogP) is 3.35. The molecule has 1 aliphatic heterocycles. The largest absolute Gasteiger partial charge is 0.344 e. The number of pyridine rings is 1. The Bertz CT molecular complexity index is 703. The van der Waals surface area contributed by atoms with Crippen molar-refractivity contribution in [2.24, 2.45) is 11.8 Å². The van der Waals surface area contributed by atoms with Gasteiger partial charge in [0.05, 0.1) is 0 Å². The van der Waals surface area contributed by atoms with E-state index in [2.05, 4.69) is 9.88 Å². The van der Waals surface area contributed by atoms with Gasteiger partial charge in [-0.25, -0.2) is 4.98 Å². The van der Waals surface area contributed by atoms with Crippen LogP contribution >= 0.6 is 0 Å². The SMILES string of the molecule is CN(C(=O)[C@@H]1[C@H]2CCC[C@H]2CN1c1ccccn1)c1ccccc1. The number of benzene rings is 1. The van der Waals surface area contributed by atoms with Crippen LogP contribution in [0.2, 0.25) is 0 Å². The number of hydrogen-bond donors (Lipinski definition) is 0. The Balaban J connectivity index is 1.65. The van der Waals surface area contributed by atoms with Crippen molar-refractivity contribution in [3.05, 3.63) is 54.7 Å². The topological polar surface area (TPSA) is 36.4 Å². The minimum Gasteiger partial charge on any atom is -0.344 e. The van der Waals surface area contributed by atoms with E-state index >= 15 is 0 Å². The molecule has 1 aromatic carbocycles. The zero-order valence-electron chi connectivity index (χ0n) is 14.0. The minimum atomic E-state index is -0.0994. The summed E-state index contributed by atoms with van der Waals surface area (Å²) in [7, 11) is 1.89. The van der Waals surface area contributed by atoms with Gasteiger partial charge in [-0.15, -0.1) is 0 Å². The van der Waals surface area contributed by atoms with Gasteiger partial charge in [0.2, 0.25) is 5.91 Å². The van der Waals surface area contributed by atoms with Crippen LogP contribution in [0.25, 0.3) is 0 Å². The number of para-hydroxylation sites is 1. The van der Waals surface area contributed by atoms with Gasteiger partial charge in [0, 0.05) is 25.5 Å². The van der Waals surface area contributed by atoms with E-state index in [4.69, 9.17) is 0 Å². The number of hydrogen-bond acceptors (Lipinski definition) is 3. The molecular formula is C20H23N3O. The van der Waals surface area contributed by atoms with Crippen molar-refractivity contribution in [1.29, 1.82) is 0 Å². The lowest BCUT2D eigenvalue weighted by atomic mass is 9.93. The Morgan fingerprint density at radius 2 is 1.92 bits per heavy atom. The van der Waals surface area contributed by atoms with Crippen molar-refractivity contribution in [2.75, 3.05) is 23.4 Å². The molecule has 4 nitrogen and oxygen atoms in total. The van der Waals surface area contributed by atoms with E-state index in [0.29, 0.717) is 11.8 Å². The molecule has 0 spiro atoms. The molecule has 3 atom stereocenters. The smallest absolute Gasteiger partial charge is 0.249 e. The number of rotatable bonds is 3. The molecule has 1 saturated heterocycles. The van der Waals surface area contributed by atoms with E-state index in [-0.39, 0.29) is 11.9 Å². The van der Waals surface area contributed by atoms with E-state index < -0.39 is 0 Å². The second-order valence-electron chi connectivity index (χ2n) is 6.87. The van der Waals surface area contributed by atoms with Gasteiger partial charge < -0.3 is 9.80 Å². The van der Waals surface area contributed by atoms with Crippen LogP contribution in [0.15, 0.2) is 54.7 Å². The first kappa shape index (κ1) is 15.2. The highest BCUT2D eigenvalue weighted by Crippen LogP contribution is 2.44. The summed E-state index contributed by atoms with van der Waals surface area (Å²) in [6.07, 6.45) is 5.43. The molecule has 2 heterocycles. The lowest BCUT2D eigenvalue weighted by Gasteiger charge is -2.31. The lowest BCUT2D eigenvalue weighted by Crippen LogP contribution is -2.47. The third-order valence-corrected chi connectivity index (χ3v) is 5.56. The molecule has 4 heteroatoms. The van der Waals surface area contributed by atoms with E-state index in [1.165, 1.54) is 12.8 Å². The number of carbonyl (C=O) groups is 1. The number of aromatic nitrogens is 1. The number of fused-ring (bicyclic) bond motifs is 1. The number of amides is 1. The quantitative estimate of drug-likeness (QED) is 0.870. The molecule has 0 N–H and O–H groups in total. The van der Waals surface area contributed by atoms with Gasteiger partial charge in [-0.05, 0) is 48.9 Å². The highest BCUT2D eigenvalue weighted by Gasteiger charge is 2.48. The van der Waals surface area contributed by atoms with Crippen LogP contribution in [0.1, 0.15) is 19.3 Å². The van der Waals surface area contributed by atoms with E-state index in [0.717, 1.165) is 24.5 Å². The van der Waals surface area contributed by atoms with Crippen molar-refractivity contribution in [3.8, 4) is 0 Å². The van der Waals surface area contributed by atoms with Gasteiger partial charge in [0.15, 0.2) is 0 Å². The maximum Gasteiger partial charge on any atom is 0.249 e. The first-order chi connectivity index (χ1) is 11.8. The van der Waals surface area contributed by atoms with Crippen LogP contribution in [-0.2, 0) is 4.79 Å². The molecule has 1 saturated carbocycles. The van der Waals surface area contributed by atoms with Crippen LogP contribution in [0.5, 0.6) is 0 Å². The third-order valence-electron chi connectivity index (χ3n) is 5.56. The number of likely N-dealkylation sites (N-methyl/N-ethyl adjacent to an activating group) is 1. The summed E-state index contributed by atoms with van der Waals surface area (Å²) in [6.45, 7) is 0.945. The standard InChI is InChI=1S/C20H23N3O/c1-22(16-9-3-2-4-10-16)20(24)19-17-11-7-8-15(17)14-23(19)18-12-5-6-13-21-18/h2-6,9-10,12-13,15,17,19H,7-8,11,14H2,1H3/t15-,17-,19-/m0/s1. The van der Waals surface area contributed by atoms with Crippen LogP contribution in [0.3, 0.4) is 0 Å². The highest BCUT2D eigenvalue weighted by atomic mass is 16.2. The molecule has 2 aromatic rings. The fourth-order valence-electron chi connectivity index (χ4n) is 4.36. The average molecular weight is 321 g/mol. The zero-order valence-corrected chi connectivity index (χ0v) is 14.0. The van der Waals surface area contributed by atoms with Gasteiger partial charge in [-0.1, -0.05) is 30.7 Å². The van der Waals surface area contributed by atoms with Crippen molar-refractivity contribution in [2.45, 2.75) is 25.3 Å². The molecule has 1 aliphatic carbocycles. The molecule has 0 radical (unpaired) electrons. The summed E-state index contributed by atoms with van der Waals surface area (Å²) in [5, 5.41) is 0. The molecule has 24 heavy (non-hydrogen) atoms. The van der Waals surface area contributed by atoms with Gasteiger partial charge in [0.1, 0.15) is 11.9 Å². The lowest BCUT2D eigenvalue weighted by molar-refractivity contribution is -0.120.